The van der Waals surface area contributed by atoms with E-state index in [-0.39, 0.29) is 17.4 Å². The van der Waals surface area contributed by atoms with Crippen molar-refractivity contribution in [1.82, 2.24) is 20.0 Å². The summed E-state index contributed by atoms with van der Waals surface area (Å²) in [6.45, 7) is 2.68. The van der Waals surface area contributed by atoms with E-state index in [0.29, 0.717) is 37.0 Å². The van der Waals surface area contributed by atoms with Gasteiger partial charge in [0.15, 0.2) is 0 Å². The SMILES string of the molecule is O=C(c1cnn(C2CCNCC2)c1C1CC1)N1CCC(c2ccccc2C(F)(F)F)C1. The molecule has 0 spiro atoms. The highest BCUT2D eigenvalue weighted by atomic mass is 19.4. The van der Waals surface area contributed by atoms with Gasteiger partial charge in [-0.05, 0) is 56.8 Å². The number of hydrogen-bond acceptors (Lipinski definition) is 3. The number of carbonyl (C=O) groups excluding carboxylic acids is 1. The Bertz CT molecular complexity index is 960. The fourth-order valence-corrected chi connectivity index (χ4v) is 5.12. The van der Waals surface area contributed by atoms with Crippen LogP contribution >= 0.6 is 0 Å². The molecule has 1 amide bonds. The average molecular weight is 432 g/mol. The van der Waals surface area contributed by atoms with Crippen molar-refractivity contribution in [2.24, 2.45) is 0 Å². The number of rotatable bonds is 4. The van der Waals surface area contributed by atoms with E-state index in [1.165, 1.54) is 6.07 Å². The molecule has 31 heavy (non-hydrogen) atoms. The van der Waals surface area contributed by atoms with Crippen LogP contribution in [0, 0.1) is 0 Å². The second kappa shape index (κ2) is 7.97. The normalized spacial score (nSPS) is 22.8. The Labute approximate surface area is 179 Å². The van der Waals surface area contributed by atoms with Crippen molar-refractivity contribution < 1.29 is 18.0 Å². The van der Waals surface area contributed by atoms with Gasteiger partial charge in [-0.15, -0.1) is 0 Å². The van der Waals surface area contributed by atoms with Crippen LogP contribution in [-0.4, -0.2) is 46.8 Å². The largest absolute Gasteiger partial charge is 0.416 e. The molecule has 3 aliphatic rings. The first kappa shape index (κ1) is 20.5. The van der Waals surface area contributed by atoms with Crippen molar-refractivity contribution in [3.8, 4) is 0 Å². The standard InChI is InChI=1S/C23H27F3N4O/c24-23(25,26)20-4-2-1-3-18(20)16-9-12-29(14-16)22(31)19-13-28-30(21(19)15-5-6-15)17-7-10-27-11-8-17/h1-4,13,15-17,27H,5-12,14H2. The molecule has 1 atom stereocenters. The first-order chi connectivity index (χ1) is 14.9. The summed E-state index contributed by atoms with van der Waals surface area (Å²) in [4.78, 5) is 15.1. The second-order valence-corrected chi connectivity index (χ2v) is 8.97. The summed E-state index contributed by atoms with van der Waals surface area (Å²) in [7, 11) is 0. The predicted octanol–water partition coefficient (Wildman–Crippen LogP) is 4.33. The van der Waals surface area contributed by atoms with Crippen molar-refractivity contribution in [3.63, 3.8) is 0 Å². The molecule has 1 aromatic carbocycles. The van der Waals surface area contributed by atoms with Gasteiger partial charge in [-0.2, -0.15) is 18.3 Å². The number of halogens is 3. The Balaban J connectivity index is 1.37. The summed E-state index contributed by atoms with van der Waals surface area (Å²) < 4.78 is 42.4. The number of aromatic nitrogens is 2. The number of carbonyl (C=O) groups is 1. The highest BCUT2D eigenvalue weighted by molar-refractivity contribution is 5.95. The Morgan fingerprint density at radius 1 is 1.03 bits per heavy atom. The maximum absolute atomic E-state index is 13.5. The third-order valence-corrected chi connectivity index (χ3v) is 6.86. The van der Waals surface area contributed by atoms with E-state index >= 15 is 0 Å². The number of nitrogens with one attached hydrogen (secondary N) is 1. The van der Waals surface area contributed by atoms with Crippen LogP contribution in [0.1, 0.15) is 77.2 Å². The van der Waals surface area contributed by atoms with Crippen LogP contribution in [-0.2, 0) is 6.18 Å². The summed E-state index contributed by atoms with van der Waals surface area (Å²) >= 11 is 0. The van der Waals surface area contributed by atoms with Gasteiger partial charge in [0.25, 0.3) is 5.91 Å². The molecule has 2 aromatic rings. The van der Waals surface area contributed by atoms with Gasteiger partial charge in [-0.1, -0.05) is 18.2 Å². The van der Waals surface area contributed by atoms with E-state index < -0.39 is 11.7 Å². The Kier molecular flexibility index (Phi) is 5.28. The molecule has 166 valence electrons. The number of piperidine rings is 1. The quantitative estimate of drug-likeness (QED) is 0.782. The predicted molar refractivity (Wildman–Crippen MR) is 110 cm³/mol. The van der Waals surface area contributed by atoms with Gasteiger partial charge in [-0.25, -0.2) is 0 Å². The molecule has 5 nitrogen and oxygen atoms in total. The zero-order valence-corrected chi connectivity index (χ0v) is 17.4. The molecular formula is C23H27F3N4O. The fourth-order valence-electron chi connectivity index (χ4n) is 5.12. The van der Waals surface area contributed by atoms with Crippen molar-refractivity contribution >= 4 is 5.91 Å². The summed E-state index contributed by atoms with van der Waals surface area (Å²) in [6, 6.07) is 6.05. The number of nitrogens with zero attached hydrogens (tertiary/aromatic N) is 3. The van der Waals surface area contributed by atoms with Crippen LogP contribution in [0.4, 0.5) is 13.2 Å². The zero-order chi connectivity index (χ0) is 21.6. The molecule has 3 heterocycles. The zero-order valence-electron chi connectivity index (χ0n) is 17.4. The molecule has 1 unspecified atom stereocenters. The van der Waals surface area contributed by atoms with E-state index in [9.17, 15) is 18.0 Å². The van der Waals surface area contributed by atoms with E-state index in [1.807, 2.05) is 0 Å². The maximum Gasteiger partial charge on any atom is 0.416 e. The molecule has 0 radical (unpaired) electrons. The number of amides is 1. The fraction of sp³-hybridized carbons (Fsp3) is 0.565. The summed E-state index contributed by atoms with van der Waals surface area (Å²) in [5.74, 6) is -0.0135. The van der Waals surface area contributed by atoms with Crippen molar-refractivity contribution in [3.05, 3.63) is 52.8 Å². The van der Waals surface area contributed by atoms with Gasteiger partial charge in [-0.3, -0.25) is 9.48 Å². The van der Waals surface area contributed by atoms with Gasteiger partial charge >= 0.3 is 6.18 Å². The Hall–Kier alpha value is -2.35. The average Bonchev–Trinajstić information content (AvgIpc) is 3.32. The monoisotopic (exact) mass is 432 g/mol. The first-order valence-corrected chi connectivity index (χ1v) is 11.2. The van der Waals surface area contributed by atoms with Crippen molar-refractivity contribution in [2.45, 2.75) is 56.2 Å². The van der Waals surface area contributed by atoms with Crippen molar-refractivity contribution in [2.75, 3.05) is 26.2 Å². The summed E-state index contributed by atoms with van der Waals surface area (Å²) in [5, 5.41) is 7.97. The molecule has 2 saturated heterocycles. The Morgan fingerprint density at radius 2 is 1.77 bits per heavy atom. The molecular weight excluding hydrogens is 405 g/mol. The van der Waals surface area contributed by atoms with Gasteiger partial charge in [0.1, 0.15) is 0 Å². The smallest absolute Gasteiger partial charge is 0.338 e. The Morgan fingerprint density at radius 3 is 2.48 bits per heavy atom. The highest BCUT2D eigenvalue weighted by Crippen LogP contribution is 2.44. The van der Waals surface area contributed by atoms with E-state index in [4.69, 9.17) is 0 Å². The van der Waals surface area contributed by atoms with E-state index in [1.54, 1.807) is 23.2 Å². The lowest BCUT2D eigenvalue weighted by atomic mass is 9.93. The third kappa shape index (κ3) is 3.97. The van der Waals surface area contributed by atoms with Gasteiger partial charge in [0.05, 0.1) is 29.1 Å². The topological polar surface area (TPSA) is 50.2 Å². The molecule has 1 saturated carbocycles. The van der Waals surface area contributed by atoms with Crippen LogP contribution in [0.25, 0.3) is 0 Å². The van der Waals surface area contributed by atoms with Crippen molar-refractivity contribution in [1.29, 1.82) is 0 Å². The van der Waals surface area contributed by atoms with Crippen LogP contribution < -0.4 is 5.32 Å². The second-order valence-electron chi connectivity index (χ2n) is 8.97. The molecule has 5 rings (SSSR count). The van der Waals surface area contributed by atoms with E-state index in [0.717, 1.165) is 50.5 Å². The molecule has 2 aliphatic heterocycles. The van der Waals surface area contributed by atoms with Crippen LogP contribution in [0.3, 0.4) is 0 Å². The minimum Gasteiger partial charge on any atom is -0.338 e. The number of benzene rings is 1. The summed E-state index contributed by atoms with van der Waals surface area (Å²) in [5.41, 5.74) is 1.38. The minimum atomic E-state index is -4.39. The molecule has 0 bridgehead atoms. The minimum absolute atomic E-state index is 0.0888. The molecule has 1 N–H and O–H groups in total. The lowest BCUT2D eigenvalue weighted by molar-refractivity contribution is -0.138. The van der Waals surface area contributed by atoms with Gasteiger partial charge in [0.2, 0.25) is 0 Å². The lowest BCUT2D eigenvalue weighted by Crippen LogP contribution is -2.31. The number of alkyl halides is 3. The van der Waals surface area contributed by atoms with Gasteiger partial charge in [0, 0.05) is 24.9 Å². The van der Waals surface area contributed by atoms with E-state index in [2.05, 4.69) is 15.1 Å². The first-order valence-electron chi connectivity index (χ1n) is 11.2. The third-order valence-electron chi connectivity index (χ3n) is 6.86. The molecule has 8 heteroatoms. The van der Waals surface area contributed by atoms with Gasteiger partial charge < -0.3 is 10.2 Å². The molecule has 1 aromatic heterocycles. The molecule has 3 fully saturated rings. The number of hydrogen-bond donors (Lipinski definition) is 1. The van der Waals surface area contributed by atoms with Crippen LogP contribution in [0.5, 0.6) is 0 Å². The molecule has 1 aliphatic carbocycles. The summed E-state index contributed by atoms with van der Waals surface area (Å²) in [6.07, 6.45) is 1.97. The van der Waals surface area contributed by atoms with Crippen LogP contribution in [0.2, 0.25) is 0 Å². The maximum atomic E-state index is 13.5. The highest BCUT2D eigenvalue weighted by Gasteiger charge is 2.40. The lowest BCUT2D eigenvalue weighted by Gasteiger charge is -2.25. The number of likely N-dealkylation sites (tertiary alicyclic amines) is 1. The van der Waals surface area contributed by atoms with Crippen LogP contribution in [0.15, 0.2) is 30.5 Å².